The van der Waals surface area contributed by atoms with Gasteiger partial charge >= 0.3 is 11.9 Å². The molecule has 0 radical (unpaired) electrons. The average Bonchev–Trinajstić information content (AvgIpc) is 3.57. The molecule has 48 heavy (non-hydrogen) atoms. The molecule has 0 saturated heterocycles. The fraction of sp³-hybridized carbons (Fsp3) is 0.333. The molecule has 6 N–H and O–H groups in total. The Balaban J connectivity index is 1.67. The lowest BCUT2D eigenvalue weighted by atomic mass is 9.90. The van der Waals surface area contributed by atoms with Gasteiger partial charge in [-0.3, -0.25) is 29.2 Å². The number of hydrogen-bond donors (Lipinski definition) is 6. The molecule has 3 rings (SSSR count). The molecule has 0 fully saturated rings. The highest BCUT2D eigenvalue weighted by Crippen LogP contribution is 2.29. The zero-order chi connectivity index (χ0) is 35.2. The van der Waals surface area contributed by atoms with Gasteiger partial charge in [0.15, 0.2) is 5.76 Å². The summed E-state index contributed by atoms with van der Waals surface area (Å²) in [4.78, 5) is 72.4. The van der Waals surface area contributed by atoms with E-state index in [-0.39, 0.29) is 42.5 Å². The van der Waals surface area contributed by atoms with Crippen molar-refractivity contribution >= 4 is 36.1 Å². The Morgan fingerprint density at radius 2 is 1.69 bits per heavy atom. The van der Waals surface area contributed by atoms with Gasteiger partial charge in [-0.15, -0.1) is 0 Å². The van der Waals surface area contributed by atoms with Gasteiger partial charge in [-0.1, -0.05) is 43.3 Å². The number of aliphatic carboxylic acids is 2. The van der Waals surface area contributed by atoms with Crippen molar-refractivity contribution in [2.45, 2.75) is 51.6 Å². The molecule has 3 atom stereocenters. The predicted molar refractivity (Wildman–Crippen MR) is 169 cm³/mol. The van der Waals surface area contributed by atoms with E-state index in [0.29, 0.717) is 29.9 Å². The Labute approximate surface area is 275 Å². The maximum absolute atomic E-state index is 13.2. The van der Waals surface area contributed by atoms with E-state index in [1.165, 1.54) is 30.3 Å². The van der Waals surface area contributed by atoms with Crippen LogP contribution in [0.3, 0.4) is 0 Å². The zero-order valence-electron chi connectivity index (χ0n) is 26.4. The number of benzene rings is 2. The van der Waals surface area contributed by atoms with Crippen LogP contribution in [0.5, 0.6) is 5.75 Å². The maximum Gasteiger partial charge on any atom is 0.326 e. The van der Waals surface area contributed by atoms with E-state index in [4.69, 9.17) is 14.3 Å². The van der Waals surface area contributed by atoms with Crippen molar-refractivity contribution in [3.8, 4) is 17.1 Å². The molecule has 1 aromatic heterocycles. The summed E-state index contributed by atoms with van der Waals surface area (Å²) >= 11 is 0. The number of nitrogens with one attached hydrogen (secondary N) is 3. The number of furan rings is 1. The fourth-order valence-corrected chi connectivity index (χ4v) is 4.99. The number of carboxylic acid groups (broad SMARTS) is 2. The normalized spacial score (nSPS) is 12.6. The van der Waals surface area contributed by atoms with Crippen LogP contribution in [-0.2, 0) is 25.6 Å². The SMILES string of the molecule is CCOc1cc(-c2ccc(C(=O)NCNC(=O)[C@H](CCc3ccccc3)[C@@H](CC)N(O)C=O)o2)ccc1C(=O)NC(CC(=O)O)C(=O)O. The average molecular weight is 667 g/mol. The summed E-state index contributed by atoms with van der Waals surface area (Å²) in [5.74, 6) is -5.44. The molecule has 0 spiro atoms. The van der Waals surface area contributed by atoms with Crippen LogP contribution in [0.1, 0.15) is 59.6 Å². The summed E-state index contributed by atoms with van der Waals surface area (Å²) in [5, 5.41) is 36.1. The van der Waals surface area contributed by atoms with E-state index in [9.17, 15) is 39.1 Å². The highest BCUT2D eigenvalue weighted by molar-refractivity contribution is 6.00. The molecule has 0 aliphatic rings. The highest BCUT2D eigenvalue weighted by atomic mass is 16.5. The quantitative estimate of drug-likeness (QED) is 0.0472. The molecular weight excluding hydrogens is 628 g/mol. The second-order valence-electron chi connectivity index (χ2n) is 10.6. The third kappa shape index (κ3) is 10.2. The molecule has 15 heteroatoms. The first-order valence-corrected chi connectivity index (χ1v) is 15.1. The minimum atomic E-state index is -1.66. The van der Waals surface area contributed by atoms with Gasteiger partial charge in [-0.05, 0) is 56.0 Å². The Hall–Kier alpha value is -5.70. The summed E-state index contributed by atoms with van der Waals surface area (Å²) in [6.07, 6.45) is 0.604. The number of ether oxygens (including phenoxy) is 1. The van der Waals surface area contributed by atoms with Gasteiger partial charge in [0.1, 0.15) is 17.6 Å². The lowest BCUT2D eigenvalue weighted by Crippen LogP contribution is -2.47. The summed E-state index contributed by atoms with van der Waals surface area (Å²) in [6, 6.07) is 14.2. The number of carbonyl (C=O) groups excluding carboxylic acids is 4. The number of hydroxylamine groups is 2. The number of carbonyl (C=O) groups is 6. The largest absolute Gasteiger partial charge is 0.493 e. The third-order valence-corrected chi connectivity index (χ3v) is 7.39. The molecule has 1 heterocycles. The van der Waals surface area contributed by atoms with Crippen molar-refractivity contribution in [3.05, 3.63) is 77.6 Å². The van der Waals surface area contributed by atoms with Crippen molar-refractivity contribution in [2.24, 2.45) is 5.92 Å². The van der Waals surface area contributed by atoms with Crippen LogP contribution in [0.15, 0.2) is 65.1 Å². The molecule has 0 saturated carbocycles. The fourth-order valence-electron chi connectivity index (χ4n) is 4.99. The Morgan fingerprint density at radius 3 is 2.31 bits per heavy atom. The van der Waals surface area contributed by atoms with Gasteiger partial charge in [-0.25, -0.2) is 9.86 Å². The Morgan fingerprint density at radius 1 is 0.958 bits per heavy atom. The van der Waals surface area contributed by atoms with Crippen molar-refractivity contribution in [1.82, 2.24) is 21.0 Å². The summed E-state index contributed by atoms with van der Waals surface area (Å²) in [6.45, 7) is 3.29. The minimum Gasteiger partial charge on any atom is -0.493 e. The summed E-state index contributed by atoms with van der Waals surface area (Å²) < 4.78 is 11.3. The number of carboxylic acids is 2. The summed E-state index contributed by atoms with van der Waals surface area (Å²) in [5.41, 5.74) is 1.36. The number of nitrogens with zero attached hydrogens (tertiary/aromatic N) is 1. The van der Waals surface area contributed by atoms with Gasteiger partial charge in [0.05, 0.1) is 37.2 Å². The predicted octanol–water partition coefficient (Wildman–Crippen LogP) is 2.68. The lowest BCUT2D eigenvalue weighted by molar-refractivity contribution is -0.168. The first-order chi connectivity index (χ1) is 23.0. The lowest BCUT2D eigenvalue weighted by Gasteiger charge is -2.29. The van der Waals surface area contributed by atoms with Crippen LogP contribution < -0.4 is 20.7 Å². The molecule has 0 aliphatic carbocycles. The van der Waals surface area contributed by atoms with E-state index in [2.05, 4.69) is 16.0 Å². The zero-order valence-corrected chi connectivity index (χ0v) is 26.4. The minimum absolute atomic E-state index is 0.0395. The van der Waals surface area contributed by atoms with E-state index in [1.54, 1.807) is 13.8 Å². The van der Waals surface area contributed by atoms with E-state index >= 15 is 0 Å². The van der Waals surface area contributed by atoms with Gasteiger partial charge in [0.2, 0.25) is 12.3 Å². The number of amides is 4. The van der Waals surface area contributed by atoms with Crippen LogP contribution in [0.4, 0.5) is 0 Å². The van der Waals surface area contributed by atoms with Crippen molar-refractivity contribution in [3.63, 3.8) is 0 Å². The van der Waals surface area contributed by atoms with Crippen LogP contribution in [0.2, 0.25) is 0 Å². The molecule has 2 aromatic carbocycles. The molecule has 4 amide bonds. The van der Waals surface area contributed by atoms with Gasteiger partial charge in [0.25, 0.3) is 11.8 Å². The number of hydrogen-bond acceptors (Lipinski definition) is 9. The Bertz CT molecular complexity index is 1590. The number of rotatable bonds is 19. The monoisotopic (exact) mass is 666 g/mol. The van der Waals surface area contributed by atoms with Crippen molar-refractivity contribution in [1.29, 1.82) is 0 Å². The van der Waals surface area contributed by atoms with Gasteiger partial charge in [-0.2, -0.15) is 0 Å². The smallest absolute Gasteiger partial charge is 0.326 e. The van der Waals surface area contributed by atoms with Gasteiger partial charge in [0, 0.05) is 5.56 Å². The first-order valence-electron chi connectivity index (χ1n) is 15.1. The van der Waals surface area contributed by atoms with Crippen LogP contribution in [0, 0.1) is 5.92 Å². The summed E-state index contributed by atoms with van der Waals surface area (Å²) in [7, 11) is 0. The van der Waals surface area contributed by atoms with Gasteiger partial charge < -0.3 is 35.3 Å². The molecule has 0 bridgehead atoms. The molecule has 0 aliphatic heterocycles. The molecule has 3 aromatic rings. The van der Waals surface area contributed by atoms with Crippen molar-refractivity contribution in [2.75, 3.05) is 13.3 Å². The molecule has 1 unspecified atom stereocenters. The second kappa shape index (κ2) is 17.9. The second-order valence-corrected chi connectivity index (χ2v) is 10.6. The maximum atomic E-state index is 13.2. The molecule has 15 nitrogen and oxygen atoms in total. The Kier molecular flexibility index (Phi) is 13.7. The van der Waals surface area contributed by atoms with Crippen LogP contribution in [0.25, 0.3) is 11.3 Å². The van der Waals surface area contributed by atoms with Crippen LogP contribution >= 0.6 is 0 Å². The standard InChI is InChI=1S/C33H38N4O11/c1-3-25(37(46)19-38)22(12-10-20-8-6-5-7-9-20)30(41)34-18-35-32(43)27-15-14-26(48-27)21-11-13-23(28(16-21)47-4-2)31(42)36-24(33(44)45)17-29(39)40/h5-9,11,13-16,19,22,24-25,46H,3-4,10,12,17-18H2,1-2H3,(H,34,41)(H,35,43)(H,36,42)(H,39,40)(H,44,45)/t22-,24?,25-/m1/s1. The highest BCUT2D eigenvalue weighted by Gasteiger charge is 2.31. The first kappa shape index (κ1) is 36.8. The third-order valence-electron chi connectivity index (χ3n) is 7.39. The number of aryl methyl sites for hydroxylation is 1. The molecule has 256 valence electrons. The van der Waals surface area contributed by atoms with E-state index in [0.717, 1.165) is 5.56 Å². The van der Waals surface area contributed by atoms with Crippen LogP contribution in [-0.4, -0.2) is 81.9 Å². The van der Waals surface area contributed by atoms with E-state index < -0.39 is 54.1 Å². The van der Waals surface area contributed by atoms with E-state index in [1.807, 2.05) is 30.3 Å². The topological polar surface area (TPSA) is 225 Å². The molecular formula is C33H38N4O11. The van der Waals surface area contributed by atoms with Crippen molar-refractivity contribution < 1.29 is 53.3 Å².